The summed E-state index contributed by atoms with van der Waals surface area (Å²) in [4.78, 5) is 12.9. The molecule has 4 aromatic rings. The van der Waals surface area contributed by atoms with Crippen LogP contribution in [0.1, 0.15) is 35.4 Å². The Hall–Kier alpha value is -3.08. The van der Waals surface area contributed by atoms with E-state index in [9.17, 15) is 4.79 Å². The van der Waals surface area contributed by atoms with Crippen LogP contribution in [0.15, 0.2) is 85.1 Å². The van der Waals surface area contributed by atoms with Gasteiger partial charge < -0.3 is 14.6 Å². The lowest BCUT2D eigenvalue weighted by Crippen LogP contribution is -2.27. The van der Waals surface area contributed by atoms with E-state index in [2.05, 4.69) is 70.7 Å². The number of aromatic nitrogens is 1. The molecule has 1 aromatic heterocycles. The lowest BCUT2D eigenvalue weighted by atomic mass is 9.88. The maximum Gasteiger partial charge on any atom is 0.220 e. The van der Waals surface area contributed by atoms with Gasteiger partial charge in [-0.2, -0.15) is 0 Å². The summed E-state index contributed by atoms with van der Waals surface area (Å²) in [5, 5.41) is 4.87. The summed E-state index contributed by atoms with van der Waals surface area (Å²) in [5.41, 5.74) is 4.57. The van der Waals surface area contributed by atoms with Crippen LogP contribution in [0.3, 0.4) is 0 Å². The Labute approximate surface area is 200 Å². The summed E-state index contributed by atoms with van der Waals surface area (Å²) in [6.07, 6.45) is 3.34. The van der Waals surface area contributed by atoms with E-state index in [4.69, 9.17) is 16.3 Å². The van der Waals surface area contributed by atoms with E-state index in [0.29, 0.717) is 24.6 Å². The van der Waals surface area contributed by atoms with Crippen molar-refractivity contribution in [2.45, 2.75) is 25.3 Å². The van der Waals surface area contributed by atoms with Crippen molar-refractivity contribution in [3.63, 3.8) is 0 Å². The van der Waals surface area contributed by atoms with Crippen molar-refractivity contribution < 1.29 is 9.53 Å². The second-order valence-electron chi connectivity index (χ2n) is 8.22. The molecule has 0 aliphatic rings. The summed E-state index contributed by atoms with van der Waals surface area (Å²) in [6, 6.07) is 26.7. The van der Waals surface area contributed by atoms with Gasteiger partial charge in [-0.25, -0.2) is 0 Å². The molecule has 0 aliphatic heterocycles. The first kappa shape index (κ1) is 23.1. The number of rotatable bonds is 10. The molecule has 4 nitrogen and oxygen atoms in total. The minimum absolute atomic E-state index is 0.0240. The topological polar surface area (TPSA) is 43.3 Å². The number of methoxy groups -OCH3 is 1. The van der Waals surface area contributed by atoms with Crippen LogP contribution in [0, 0.1) is 0 Å². The molecule has 1 amide bonds. The Morgan fingerprint density at radius 2 is 1.82 bits per heavy atom. The third-order valence-corrected chi connectivity index (χ3v) is 6.11. The minimum Gasteiger partial charge on any atom is -0.385 e. The summed E-state index contributed by atoms with van der Waals surface area (Å²) in [6.45, 7) is 2.00. The molecule has 0 saturated carbocycles. The summed E-state index contributed by atoms with van der Waals surface area (Å²) in [7, 11) is 1.67. The quantitative estimate of drug-likeness (QED) is 0.294. The van der Waals surface area contributed by atoms with Crippen molar-refractivity contribution in [1.82, 2.24) is 9.88 Å². The summed E-state index contributed by atoms with van der Waals surface area (Å²) >= 11 is 6.34. The molecule has 5 heteroatoms. The number of para-hydroxylation sites is 1. The maximum atomic E-state index is 12.9. The third kappa shape index (κ3) is 5.84. The molecule has 0 radical (unpaired) electrons. The number of carbonyl (C=O) groups excluding carboxylic acids is 1. The van der Waals surface area contributed by atoms with Crippen molar-refractivity contribution in [3.05, 3.63) is 107 Å². The second-order valence-corrected chi connectivity index (χ2v) is 8.66. The first-order valence-corrected chi connectivity index (χ1v) is 11.7. The number of halogens is 1. The molecule has 33 heavy (non-hydrogen) atoms. The van der Waals surface area contributed by atoms with E-state index in [1.165, 1.54) is 5.56 Å². The van der Waals surface area contributed by atoms with Crippen LogP contribution in [-0.2, 0) is 16.1 Å². The molecule has 0 saturated heterocycles. The molecule has 1 heterocycles. The highest BCUT2D eigenvalue weighted by molar-refractivity contribution is 6.30. The van der Waals surface area contributed by atoms with Crippen LogP contribution >= 0.6 is 11.6 Å². The normalized spacial score (nSPS) is 12.1. The standard InChI is InChI=1S/C28H29ClN2O2/c1-33-16-8-15-30-28(32)18-25(22-11-7-12-23(29)17-22)26-20-31(19-21-9-3-2-4-10-21)27-14-6-5-13-24(26)27/h2-7,9-14,17,20,25H,8,15-16,18-19H2,1H3,(H,30,32). The fraction of sp³-hybridized carbons (Fsp3) is 0.250. The number of fused-ring (bicyclic) bond motifs is 1. The highest BCUT2D eigenvalue weighted by Gasteiger charge is 2.23. The van der Waals surface area contributed by atoms with Crippen molar-refractivity contribution >= 4 is 28.4 Å². The van der Waals surface area contributed by atoms with E-state index >= 15 is 0 Å². The van der Waals surface area contributed by atoms with Gasteiger partial charge in [0.15, 0.2) is 0 Å². The Morgan fingerprint density at radius 1 is 1.03 bits per heavy atom. The molecule has 0 bridgehead atoms. The largest absolute Gasteiger partial charge is 0.385 e. The van der Waals surface area contributed by atoms with Crippen LogP contribution < -0.4 is 5.32 Å². The minimum atomic E-state index is -0.104. The lowest BCUT2D eigenvalue weighted by molar-refractivity contribution is -0.121. The fourth-order valence-electron chi connectivity index (χ4n) is 4.30. The molecule has 0 aliphatic carbocycles. The molecule has 3 aromatic carbocycles. The molecule has 1 N–H and O–H groups in total. The number of ether oxygens (including phenoxy) is 1. The van der Waals surface area contributed by atoms with Gasteiger partial charge in [-0.15, -0.1) is 0 Å². The average molecular weight is 461 g/mol. The lowest BCUT2D eigenvalue weighted by Gasteiger charge is -2.18. The van der Waals surface area contributed by atoms with Gasteiger partial charge in [-0.3, -0.25) is 4.79 Å². The first-order chi connectivity index (χ1) is 16.2. The highest BCUT2D eigenvalue weighted by atomic mass is 35.5. The molecule has 0 fully saturated rings. The van der Waals surface area contributed by atoms with Gasteiger partial charge in [0, 0.05) is 61.3 Å². The van der Waals surface area contributed by atoms with Gasteiger partial charge in [-0.05, 0) is 41.3 Å². The Kier molecular flexibility index (Phi) is 7.82. The molecule has 4 rings (SSSR count). The number of hydrogen-bond donors (Lipinski definition) is 1. The summed E-state index contributed by atoms with van der Waals surface area (Å²) in [5.74, 6) is -0.0796. The molecular formula is C28H29ClN2O2. The van der Waals surface area contributed by atoms with Crippen LogP contribution in [-0.4, -0.2) is 30.7 Å². The monoisotopic (exact) mass is 460 g/mol. The maximum absolute atomic E-state index is 12.9. The van der Waals surface area contributed by atoms with Gasteiger partial charge in [0.05, 0.1) is 0 Å². The Morgan fingerprint density at radius 3 is 2.61 bits per heavy atom. The van der Waals surface area contributed by atoms with Gasteiger partial charge in [0.1, 0.15) is 0 Å². The molecular weight excluding hydrogens is 432 g/mol. The number of nitrogens with one attached hydrogen (secondary N) is 1. The predicted octanol–water partition coefficient (Wildman–Crippen LogP) is 6.02. The zero-order valence-electron chi connectivity index (χ0n) is 18.8. The van der Waals surface area contributed by atoms with E-state index < -0.39 is 0 Å². The van der Waals surface area contributed by atoms with Crippen LogP contribution in [0.4, 0.5) is 0 Å². The van der Waals surface area contributed by atoms with Crippen molar-refractivity contribution in [2.24, 2.45) is 0 Å². The number of amides is 1. The van der Waals surface area contributed by atoms with Crippen molar-refractivity contribution in [1.29, 1.82) is 0 Å². The van der Waals surface area contributed by atoms with Gasteiger partial charge in [0.2, 0.25) is 5.91 Å². The van der Waals surface area contributed by atoms with E-state index in [1.54, 1.807) is 7.11 Å². The SMILES string of the molecule is COCCCNC(=O)CC(c1cccc(Cl)c1)c1cn(Cc2ccccc2)c2ccccc12. The summed E-state index contributed by atoms with van der Waals surface area (Å²) < 4.78 is 7.36. The van der Waals surface area contributed by atoms with Crippen molar-refractivity contribution in [3.8, 4) is 0 Å². The smallest absolute Gasteiger partial charge is 0.220 e. The zero-order valence-corrected chi connectivity index (χ0v) is 19.6. The van der Waals surface area contributed by atoms with Gasteiger partial charge >= 0.3 is 0 Å². The van der Waals surface area contributed by atoms with E-state index in [-0.39, 0.29) is 11.8 Å². The number of benzene rings is 3. The van der Waals surface area contributed by atoms with Gasteiger partial charge in [-0.1, -0.05) is 72.3 Å². The van der Waals surface area contributed by atoms with E-state index in [1.807, 2.05) is 24.3 Å². The average Bonchev–Trinajstić information content (AvgIpc) is 3.19. The fourth-order valence-corrected chi connectivity index (χ4v) is 4.50. The number of hydrogen-bond acceptors (Lipinski definition) is 2. The third-order valence-electron chi connectivity index (χ3n) is 5.88. The number of carbonyl (C=O) groups is 1. The predicted molar refractivity (Wildman–Crippen MR) is 135 cm³/mol. The van der Waals surface area contributed by atoms with E-state index in [0.717, 1.165) is 35.0 Å². The number of nitrogens with zero attached hydrogens (tertiary/aromatic N) is 1. The van der Waals surface area contributed by atoms with Crippen LogP contribution in [0.5, 0.6) is 0 Å². The highest BCUT2D eigenvalue weighted by Crippen LogP contribution is 2.36. The molecule has 1 unspecified atom stereocenters. The zero-order chi connectivity index (χ0) is 23.0. The Balaban J connectivity index is 1.70. The second kappa shape index (κ2) is 11.2. The van der Waals surface area contributed by atoms with Crippen molar-refractivity contribution in [2.75, 3.05) is 20.3 Å². The molecule has 1 atom stereocenters. The van der Waals surface area contributed by atoms with Crippen LogP contribution in [0.25, 0.3) is 10.9 Å². The van der Waals surface area contributed by atoms with Gasteiger partial charge in [0.25, 0.3) is 0 Å². The molecule has 170 valence electrons. The first-order valence-electron chi connectivity index (χ1n) is 11.3. The Bertz CT molecular complexity index is 1200. The van der Waals surface area contributed by atoms with Crippen LogP contribution in [0.2, 0.25) is 5.02 Å². The molecule has 0 spiro atoms.